The zero-order valence-corrected chi connectivity index (χ0v) is 15.2. The first-order valence-corrected chi connectivity index (χ1v) is 9.85. The summed E-state index contributed by atoms with van der Waals surface area (Å²) in [5, 5.41) is 9.97. The van der Waals surface area contributed by atoms with Gasteiger partial charge in [-0.05, 0) is 31.1 Å². The molecule has 4 rings (SSSR count). The average molecular weight is 346 g/mol. The molecule has 6 nitrogen and oxygen atoms in total. The second kappa shape index (κ2) is 7.08. The highest BCUT2D eigenvalue weighted by Crippen LogP contribution is 2.41. The molecule has 3 aliphatic heterocycles. The van der Waals surface area contributed by atoms with Gasteiger partial charge < -0.3 is 19.5 Å². The van der Waals surface area contributed by atoms with Crippen LogP contribution >= 0.6 is 0 Å². The minimum atomic E-state index is 0.0243. The van der Waals surface area contributed by atoms with Crippen LogP contribution in [0.15, 0.2) is 12.4 Å². The number of rotatable bonds is 5. The van der Waals surface area contributed by atoms with Gasteiger partial charge in [-0.1, -0.05) is 6.92 Å². The third-order valence-corrected chi connectivity index (χ3v) is 6.53. The molecule has 1 N–H and O–H groups in total. The lowest BCUT2D eigenvalue weighted by atomic mass is 9.72. The van der Waals surface area contributed by atoms with Gasteiger partial charge in [-0.2, -0.15) is 0 Å². The first-order valence-electron chi connectivity index (χ1n) is 9.85. The SMILES string of the molecule is CCc1nccn1CCN1C[C@H]2C[C@@H](C1)[C@H](CO)N1C(=O)CCC[C@@H]21. The Morgan fingerprint density at radius 1 is 1.28 bits per heavy atom. The maximum atomic E-state index is 12.5. The number of fused-ring (bicyclic) bond motifs is 4. The molecule has 1 aromatic rings. The fraction of sp³-hybridized carbons (Fsp3) is 0.789. The summed E-state index contributed by atoms with van der Waals surface area (Å²) >= 11 is 0. The van der Waals surface area contributed by atoms with E-state index in [1.54, 1.807) is 0 Å². The summed E-state index contributed by atoms with van der Waals surface area (Å²) in [5.41, 5.74) is 0. The highest BCUT2D eigenvalue weighted by atomic mass is 16.3. The number of aliphatic hydroxyl groups excluding tert-OH is 1. The molecule has 3 aliphatic rings. The average Bonchev–Trinajstić information content (AvgIpc) is 3.08. The van der Waals surface area contributed by atoms with Gasteiger partial charge in [0, 0.05) is 57.5 Å². The van der Waals surface area contributed by atoms with Crippen LogP contribution in [0.3, 0.4) is 0 Å². The van der Waals surface area contributed by atoms with Crippen LogP contribution in [-0.2, 0) is 17.8 Å². The van der Waals surface area contributed by atoms with E-state index in [0.29, 0.717) is 24.3 Å². The Kier molecular flexibility index (Phi) is 4.82. The lowest BCUT2D eigenvalue weighted by molar-refractivity contribution is -0.155. The number of aliphatic hydroxyl groups is 1. The molecule has 0 aromatic carbocycles. The fourth-order valence-corrected chi connectivity index (χ4v) is 5.40. The predicted molar refractivity (Wildman–Crippen MR) is 95.0 cm³/mol. The number of aryl methyl sites for hydroxylation is 1. The second-order valence-electron chi connectivity index (χ2n) is 7.92. The first-order chi connectivity index (χ1) is 12.2. The van der Waals surface area contributed by atoms with Crippen LogP contribution < -0.4 is 0 Å². The van der Waals surface area contributed by atoms with E-state index in [2.05, 4.69) is 32.5 Å². The fourth-order valence-electron chi connectivity index (χ4n) is 5.40. The Hall–Kier alpha value is -1.40. The van der Waals surface area contributed by atoms with Crippen molar-refractivity contribution in [1.82, 2.24) is 19.4 Å². The summed E-state index contributed by atoms with van der Waals surface area (Å²) < 4.78 is 2.25. The van der Waals surface area contributed by atoms with Crippen molar-refractivity contribution < 1.29 is 9.90 Å². The van der Waals surface area contributed by atoms with Crippen LogP contribution in [0, 0.1) is 11.8 Å². The van der Waals surface area contributed by atoms with Crippen molar-refractivity contribution in [2.75, 3.05) is 26.2 Å². The number of piperidine rings is 3. The number of carbonyl (C=O) groups is 1. The van der Waals surface area contributed by atoms with Crippen LogP contribution in [0.2, 0.25) is 0 Å². The highest BCUT2D eigenvalue weighted by Gasteiger charge is 2.48. The highest BCUT2D eigenvalue weighted by molar-refractivity contribution is 5.78. The van der Waals surface area contributed by atoms with Crippen molar-refractivity contribution in [2.24, 2.45) is 11.8 Å². The first kappa shape index (κ1) is 17.0. The maximum Gasteiger partial charge on any atom is 0.223 e. The Morgan fingerprint density at radius 2 is 2.12 bits per heavy atom. The third-order valence-electron chi connectivity index (χ3n) is 6.53. The summed E-state index contributed by atoms with van der Waals surface area (Å²) in [7, 11) is 0. The summed E-state index contributed by atoms with van der Waals surface area (Å²) in [6, 6.07) is 0.369. The number of carbonyl (C=O) groups excluding carboxylic acids is 1. The van der Waals surface area contributed by atoms with E-state index in [4.69, 9.17) is 0 Å². The summed E-state index contributed by atoms with van der Waals surface area (Å²) in [6.45, 7) is 6.32. The van der Waals surface area contributed by atoms with Gasteiger partial charge in [0.15, 0.2) is 0 Å². The number of likely N-dealkylation sites (tertiary alicyclic amines) is 1. The topological polar surface area (TPSA) is 61.6 Å². The van der Waals surface area contributed by atoms with E-state index in [0.717, 1.165) is 51.3 Å². The van der Waals surface area contributed by atoms with E-state index in [1.165, 1.54) is 6.42 Å². The molecule has 2 bridgehead atoms. The van der Waals surface area contributed by atoms with Gasteiger partial charge in [0.1, 0.15) is 5.82 Å². The third kappa shape index (κ3) is 3.10. The lowest BCUT2D eigenvalue weighted by Gasteiger charge is -2.56. The molecule has 25 heavy (non-hydrogen) atoms. The zero-order chi connectivity index (χ0) is 17.4. The van der Waals surface area contributed by atoms with Gasteiger partial charge in [-0.15, -0.1) is 0 Å². The van der Waals surface area contributed by atoms with Gasteiger partial charge >= 0.3 is 0 Å². The predicted octanol–water partition coefficient (Wildman–Crippen LogP) is 1.14. The van der Waals surface area contributed by atoms with Crippen LogP contribution in [0.1, 0.15) is 38.4 Å². The monoisotopic (exact) mass is 346 g/mol. The Morgan fingerprint density at radius 3 is 2.92 bits per heavy atom. The minimum Gasteiger partial charge on any atom is -0.394 e. The quantitative estimate of drug-likeness (QED) is 0.868. The van der Waals surface area contributed by atoms with Gasteiger partial charge in [0.2, 0.25) is 5.91 Å². The number of aromatic nitrogens is 2. The standard InChI is InChI=1S/C19H30N4O2/c1-2-18-20-6-7-22(18)9-8-21-11-14-10-15(12-21)17(13-24)23-16(14)4-3-5-19(23)25/h6-7,14-17,24H,2-5,8-13H2,1H3/t14-,15+,16+,17+/m1/s1. The lowest BCUT2D eigenvalue weighted by Crippen LogP contribution is -2.66. The van der Waals surface area contributed by atoms with E-state index in [1.807, 2.05) is 6.20 Å². The van der Waals surface area contributed by atoms with E-state index in [-0.39, 0.29) is 18.6 Å². The smallest absolute Gasteiger partial charge is 0.223 e. The molecule has 6 heteroatoms. The molecule has 3 fully saturated rings. The number of imidazole rings is 1. The molecule has 0 unspecified atom stereocenters. The number of hydrogen-bond acceptors (Lipinski definition) is 4. The van der Waals surface area contributed by atoms with Crippen molar-refractivity contribution in [2.45, 2.75) is 57.7 Å². The van der Waals surface area contributed by atoms with Crippen molar-refractivity contribution in [1.29, 1.82) is 0 Å². The molecular weight excluding hydrogens is 316 g/mol. The molecule has 1 aromatic heterocycles. The van der Waals surface area contributed by atoms with Gasteiger partial charge in [-0.25, -0.2) is 4.98 Å². The summed E-state index contributed by atoms with van der Waals surface area (Å²) in [4.78, 5) is 21.5. The number of hydrogen-bond donors (Lipinski definition) is 1. The molecule has 0 spiro atoms. The minimum absolute atomic E-state index is 0.0243. The Labute approximate surface area is 149 Å². The molecule has 138 valence electrons. The van der Waals surface area contributed by atoms with Crippen LogP contribution in [-0.4, -0.2) is 68.7 Å². The summed E-state index contributed by atoms with van der Waals surface area (Å²) in [5.74, 6) is 2.40. The molecular formula is C19H30N4O2. The van der Waals surface area contributed by atoms with Crippen LogP contribution in [0.4, 0.5) is 0 Å². The molecule has 0 saturated carbocycles. The number of nitrogens with zero attached hydrogens (tertiary/aromatic N) is 4. The van der Waals surface area contributed by atoms with Gasteiger partial charge in [0.25, 0.3) is 0 Å². The molecule has 1 amide bonds. The Bertz CT molecular complexity index is 602. The zero-order valence-electron chi connectivity index (χ0n) is 15.2. The largest absolute Gasteiger partial charge is 0.394 e. The molecule has 0 aliphatic carbocycles. The van der Waals surface area contributed by atoms with Crippen LogP contribution in [0.5, 0.6) is 0 Å². The van der Waals surface area contributed by atoms with Crippen molar-refractivity contribution >= 4 is 5.91 Å². The van der Waals surface area contributed by atoms with Gasteiger partial charge in [-0.3, -0.25) is 4.79 Å². The molecule has 3 saturated heterocycles. The van der Waals surface area contributed by atoms with E-state index in [9.17, 15) is 9.90 Å². The normalized spacial score (nSPS) is 32.7. The van der Waals surface area contributed by atoms with E-state index >= 15 is 0 Å². The molecule has 0 radical (unpaired) electrons. The maximum absolute atomic E-state index is 12.5. The van der Waals surface area contributed by atoms with E-state index < -0.39 is 0 Å². The van der Waals surface area contributed by atoms with Crippen molar-refractivity contribution in [3.63, 3.8) is 0 Å². The van der Waals surface area contributed by atoms with Gasteiger partial charge in [0.05, 0.1) is 12.6 Å². The molecule has 4 heterocycles. The second-order valence-corrected chi connectivity index (χ2v) is 7.92. The van der Waals surface area contributed by atoms with Crippen LogP contribution in [0.25, 0.3) is 0 Å². The van der Waals surface area contributed by atoms with Crippen molar-refractivity contribution in [3.05, 3.63) is 18.2 Å². The van der Waals surface area contributed by atoms with Crippen molar-refractivity contribution in [3.8, 4) is 0 Å². The molecule has 4 atom stereocenters. The summed E-state index contributed by atoms with van der Waals surface area (Å²) in [6.07, 6.45) is 8.87. The Balaban J connectivity index is 1.45. The number of amides is 1.